The number of rotatable bonds is 3. The van der Waals surface area contributed by atoms with Gasteiger partial charge in [-0.25, -0.2) is 5.01 Å². The first-order valence-corrected chi connectivity index (χ1v) is 10.2. The molecule has 6 nitrogen and oxygen atoms in total. The van der Waals surface area contributed by atoms with E-state index < -0.39 is 9.25 Å². The zero-order valence-corrected chi connectivity index (χ0v) is 16.1. The largest absolute Gasteiger partial charge is 0.342 e. The quantitative estimate of drug-likeness (QED) is 0.468. The van der Waals surface area contributed by atoms with Crippen LogP contribution in [-0.4, -0.2) is 14.3 Å². The average Bonchev–Trinajstić information content (AvgIpc) is 3.28. The highest BCUT2D eigenvalue weighted by Crippen LogP contribution is 2.57. The van der Waals surface area contributed by atoms with Crippen molar-refractivity contribution in [3.63, 3.8) is 0 Å². The number of nitro groups is 1. The van der Waals surface area contributed by atoms with Gasteiger partial charge in [0.25, 0.3) is 5.69 Å². The SMILES string of the molecule is O=[N+]([O-])c1ccc(C2=NN(c3ccccc3)C3(Nc4ccccc4S3)S2)cc1. The number of hydrogen-bond acceptors (Lipinski definition) is 7. The highest BCUT2D eigenvalue weighted by Gasteiger charge is 2.50. The maximum atomic E-state index is 10.9. The van der Waals surface area contributed by atoms with E-state index in [1.165, 1.54) is 12.1 Å². The van der Waals surface area contributed by atoms with Crippen LogP contribution in [0.25, 0.3) is 0 Å². The molecular formula is C20H14N4O2S2. The van der Waals surface area contributed by atoms with Gasteiger partial charge in [0.15, 0.2) is 0 Å². The standard InChI is InChI=1S/C20H14N4O2S2/c25-24(26)16-12-10-14(11-13-16)19-22-23(15-6-2-1-3-7-15)20(28-19)21-17-8-4-5-9-18(17)27-20/h1-13,21H. The topological polar surface area (TPSA) is 70.8 Å². The first kappa shape index (κ1) is 17.2. The van der Waals surface area contributed by atoms with Crippen molar-refractivity contribution in [2.24, 2.45) is 5.10 Å². The normalized spacial score (nSPS) is 20.0. The average molecular weight is 406 g/mol. The Hall–Kier alpha value is -2.97. The molecule has 8 heteroatoms. The van der Waals surface area contributed by atoms with Crippen LogP contribution in [0, 0.1) is 10.1 Å². The summed E-state index contributed by atoms with van der Waals surface area (Å²) >= 11 is 3.32. The molecule has 0 saturated heterocycles. The molecule has 0 saturated carbocycles. The lowest BCUT2D eigenvalue weighted by Crippen LogP contribution is -2.41. The van der Waals surface area contributed by atoms with Crippen molar-refractivity contribution >= 4 is 45.6 Å². The number of anilines is 2. The fourth-order valence-electron chi connectivity index (χ4n) is 3.14. The second-order valence-corrected chi connectivity index (χ2v) is 8.94. The number of nitrogens with one attached hydrogen (secondary N) is 1. The van der Waals surface area contributed by atoms with Crippen LogP contribution in [0.2, 0.25) is 0 Å². The summed E-state index contributed by atoms with van der Waals surface area (Å²) in [5.41, 5.74) is 2.97. The van der Waals surface area contributed by atoms with Crippen molar-refractivity contribution < 1.29 is 4.92 Å². The molecule has 0 aliphatic carbocycles. The van der Waals surface area contributed by atoms with Gasteiger partial charge in [-0.15, -0.1) is 0 Å². The molecule has 0 fully saturated rings. The number of nitrogens with zero attached hydrogens (tertiary/aromatic N) is 3. The van der Waals surface area contributed by atoms with E-state index >= 15 is 0 Å². The summed E-state index contributed by atoms with van der Waals surface area (Å²) in [6.45, 7) is 0. The third kappa shape index (κ3) is 2.81. The predicted octanol–water partition coefficient (Wildman–Crippen LogP) is 5.34. The minimum absolute atomic E-state index is 0.0720. The zero-order chi connectivity index (χ0) is 19.1. The van der Waals surface area contributed by atoms with Gasteiger partial charge in [-0.2, -0.15) is 5.10 Å². The van der Waals surface area contributed by atoms with E-state index in [0.717, 1.165) is 26.9 Å². The molecule has 3 aromatic rings. The maximum Gasteiger partial charge on any atom is 0.269 e. The first-order valence-electron chi connectivity index (χ1n) is 8.59. The Bertz CT molecular complexity index is 1060. The van der Waals surface area contributed by atoms with Gasteiger partial charge in [0.2, 0.25) is 4.33 Å². The van der Waals surface area contributed by atoms with Gasteiger partial charge >= 0.3 is 0 Å². The third-order valence-corrected chi connectivity index (χ3v) is 7.15. The molecule has 5 rings (SSSR count). The lowest BCUT2D eigenvalue weighted by Gasteiger charge is -2.32. The molecule has 2 heterocycles. The van der Waals surface area contributed by atoms with Crippen LogP contribution in [0.4, 0.5) is 17.1 Å². The summed E-state index contributed by atoms with van der Waals surface area (Å²) in [5, 5.41) is 22.2. The molecule has 1 atom stereocenters. The molecule has 0 bridgehead atoms. The third-order valence-electron chi connectivity index (χ3n) is 4.46. The molecule has 1 unspecified atom stereocenters. The monoisotopic (exact) mass is 406 g/mol. The second-order valence-electron chi connectivity index (χ2n) is 6.26. The van der Waals surface area contributed by atoms with Gasteiger partial charge in [-0.3, -0.25) is 10.1 Å². The van der Waals surface area contributed by atoms with Gasteiger partial charge in [-0.1, -0.05) is 42.1 Å². The van der Waals surface area contributed by atoms with Crippen molar-refractivity contribution in [2.75, 3.05) is 10.3 Å². The molecule has 0 radical (unpaired) electrons. The van der Waals surface area contributed by atoms with E-state index in [-0.39, 0.29) is 5.69 Å². The summed E-state index contributed by atoms with van der Waals surface area (Å²) in [6, 6.07) is 24.7. The summed E-state index contributed by atoms with van der Waals surface area (Å²) in [4.78, 5) is 11.7. The molecule has 2 aliphatic heterocycles. The fourth-order valence-corrected chi connectivity index (χ4v) is 5.91. The molecule has 1 spiro atoms. The Morgan fingerprint density at radius 3 is 2.36 bits per heavy atom. The Labute approximate surface area is 169 Å². The molecular weight excluding hydrogens is 392 g/mol. The van der Waals surface area contributed by atoms with Crippen molar-refractivity contribution in [3.05, 3.63) is 94.5 Å². The van der Waals surface area contributed by atoms with Crippen LogP contribution in [0.3, 0.4) is 0 Å². The minimum Gasteiger partial charge on any atom is -0.342 e. The van der Waals surface area contributed by atoms with Crippen LogP contribution < -0.4 is 10.3 Å². The van der Waals surface area contributed by atoms with E-state index in [1.807, 2.05) is 47.5 Å². The molecule has 0 aromatic heterocycles. The van der Waals surface area contributed by atoms with Crippen LogP contribution in [0.5, 0.6) is 0 Å². The smallest absolute Gasteiger partial charge is 0.269 e. The van der Waals surface area contributed by atoms with E-state index in [0.29, 0.717) is 0 Å². The number of benzene rings is 3. The number of non-ortho nitro benzene ring substituents is 1. The van der Waals surface area contributed by atoms with Crippen LogP contribution in [0.15, 0.2) is 88.9 Å². The molecule has 3 aromatic carbocycles. The summed E-state index contributed by atoms with van der Waals surface area (Å²) in [5.74, 6) is 0. The number of para-hydroxylation sites is 2. The van der Waals surface area contributed by atoms with E-state index in [2.05, 4.69) is 17.4 Å². The highest BCUT2D eigenvalue weighted by molar-refractivity contribution is 8.27. The van der Waals surface area contributed by atoms with Gasteiger partial charge < -0.3 is 5.32 Å². The van der Waals surface area contributed by atoms with Crippen LogP contribution in [-0.2, 0) is 0 Å². The maximum absolute atomic E-state index is 10.9. The van der Waals surface area contributed by atoms with Crippen molar-refractivity contribution in [1.29, 1.82) is 0 Å². The molecule has 0 amide bonds. The van der Waals surface area contributed by atoms with E-state index in [9.17, 15) is 10.1 Å². The van der Waals surface area contributed by atoms with Crippen LogP contribution >= 0.6 is 23.5 Å². The number of hydrogen-bond donors (Lipinski definition) is 1. The first-order chi connectivity index (χ1) is 13.6. The Morgan fingerprint density at radius 1 is 0.929 bits per heavy atom. The molecule has 28 heavy (non-hydrogen) atoms. The predicted molar refractivity (Wildman–Crippen MR) is 115 cm³/mol. The minimum atomic E-state index is -0.540. The molecule has 138 valence electrons. The number of thioether (sulfide) groups is 2. The lowest BCUT2D eigenvalue weighted by atomic mass is 10.2. The summed E-state index contributed by atoms with van der Waals surface area (Å²) in [7, 11) is 0. The van der Waals surface area contributed by atoms with Crippen molar-refractivity contribution in [3.8, 4) is 0 Å². The molecule has 2 aliphatic rings. The van der Waals surface area contributed by atoms with Gasteiger partial charge in [-0.05, 0) is 48.2 Å². The summed E-state index contributed by atoms with van der Waals surface area (Å²) < 4.78 is -0.540. The summed E-state index contributed by atoms with van der Waals surface area (Å²) in [6.07, 6.45) is 0. The zero-order valence-electron chi connectivity index (χ0n) is 14.5. The second kappa shape index (κ2) is 6.57. The lowest BCUT2D eigenvalue weighted by molar-refractivity contribution is -0.384. The van der Waals surface area contributed by atoms with Crippen molar-refractivity contribution in [2.45, 2.75) is 9.22 Å². The van der Waals surface area contributed by atoms with Gasteiger partial charge in [0.1, 0.15) is 5.04 Å². The van der Waals surface area contributed by atoms with Crippen molar-refractivity contribution in [1.82, 2.24) is 0 Å². The van der Waals surface area contributed by atoms with E-state index in [1.54, 1.807) is 35.7 Å². The Balaban J connectivity index is 1.55. The molecule has 1 N–H and O–H groups in total. The number of nitro benzene ring substituents is 1. The fraction of sp³-hybridized carbons (Fsp3) is 0.0500. The highest BCUT2D eigenvalue weighted by atomic mass is 32.2. The van der Waals surface area contributed by atoms with Crippen LogP contribution in [0.1, 0.15) is 5.56 Å². The number of fused-ring (bicyclic) bond motifs is 1. The Kier molecular flexibility index (Phi) is 4.03. The van der Waals surface area contributed by atoms with Gasteiger partial charge in [0.05, 0.1) is 16.3 Å². The van der Waals surface area contributed by atoms with Gasteiger partial charge in [0, 0.05) is 22.6 Å². The number of hydrazone groups is 1. The van der Waals surface area contributed by atoms with E-state index in [4.69, 9.17) is 5.10 Å². The Morgan fingerprint density at radius 2 is 1.64 bits per heavy atom.